The molecule has 27 heavy (non-hydrogen) atoms. The second kappa shape index (κ2) is 10.3. The molecule has 0 saturated carbocycles. The molecular formula is C22H27NO4. The van der Waals surface area contributed by atoms with Crippen LogP contribution in [0.25, 0.3) is 6.08 Å². The van der Waals surface area contributed by atoms with E-state index in [0.717, 1.165) is 16.9 Å². The van der Waals surface area contributed by atoms with Crippen molar-refractivity contribution in [3.63, 3.8) is 0 Å². The van der Waals surface area contributed by atoms with Gasteiger partial charge in [0.25, 0.3) is 0 Å². The Balaban J connectivity index is 2.05. The van der Waals surface area contributed by atoms with E-state index in [1.807, 2.05) is 56.3 Å². The molecule has 0 atom stereocenters. The number of ether oxygens (including phenoxy) is 3. The molecule has 0 heterocycles. The Morgan fingerprint density at radius 3 is 2.48 bits per heavy atom. The zero-order valence-corrected chi connectivity index (χ0v) is 16.4. The maximum absolute atomic E-state index is 12.4. The first kappa shape index (κ1) is 20.4. The van der Waals surface area contributed by atoms with Crippen LogP contribution in [0.4, 0.5) is 0 Å². The van der Waals surface area contributed by atoms with Crippen LogP contribution in [0.3, 0.4) is 0 Å². The third-order valence-corrected chi connectivity index (χ3v) is 3.92. The summed E-state index contributed by atoms with van der Waals surface area (Å²) in [7, 11) is 3.40. The number of likely N-dealkylation sites (N-methyl/N-ethyl adjacent to an activating group) is 1. The third kappa shape index (κ3) is 6.06. The minimum absolute atomic E-state index is 0.0790. The Bertz CT molecular complexity index is 786. The fourth-order valence-corrected chi connectivity index (χ4v) is 2.59. The molecule has 0 radical (unpaired) electrons. The van der Waals surface area contributed by atoms with E-state index in [1.54, 1.807) is 31.2 Å². The van der Waals surface area contributed by atoms with Crippen LogP contribution in [-0.2, 0) is 11.3 Å². The Hall–Kier alpha value is -2.95. The average Bonchev–Trinajstić information content (AvgIpc) is 2.68. The highest BCUT2D eigenvalue weighted by Gasteiger charge is 2.08. The molecule has 0 aromatic heterocycles. The molecule has 0 bridgehead atoms. The summed E-state index contributed by atoms with van der Waals surface area (Å²) in [6.07, 6.45) is 3.34. The van der Waals surface area contributed by atoms with Crippen LogP contribution in [-0.4, -0.2) is 38.2 Å². The summed E-state index contributed by atoms with van der Waals surface area (Å²) in [4.78, 5) is 14.1. The SMILES string of the molecule is CCOc1ccc(/C=C/C(=O)N(C)Cc2cccc(OC)c2)cc1OCC. The van der Waals surface area contributed by atoms with Gasteiger partial charge >= 0.3 is 0 Å². The van der Waals surface area contributed by atoms with E-state index in [0.29, 0.717) is 31.3 Å². The molecule has 5 heteroatoms. The van der Waals surface area contributed by atoms with Crippen LogP contribution < -0.4 is 14.2 Å². The second-order valence-corrected chi connectivity index (χ2v) is 5.95. The van der Waals surface area contributed by atoms with Crippen LogP contribution in [0.15, 0.2) is 48.5 Å². The molecule has 0 N–H and O–H groups in total. The maximum Gasteiger partial charge on any atom is 0.246 e. The van der Waals surface area contributed by atoms with Gasteiger partial charge in [-0.15, -0.1) is 0 Å². The number of hydrogen-bond acceptors (Lipinski definition) is 4. The van der Waals surface area contributed by atoms with E-state index in [-0.39, 0.29) is 5.91 Å². The van der Waals surface area contributed by atoms with Gasteiger partial charge in [-0.3, -0.25) is 4.79 Å². The summed E-state index contributed by atoms with van der Waals surface area (Å²) < 4.78 is 16.4. The number of carbonyl (C=O) groups is 1. The molecular weight excluding hydrogens is 342 g/mol. The van der Waals surface area contributed by atoms with Crippen LogP contribution in [0.2, 0.25) is 0 Å². The van der Waals surface area contributed by atoms with Crippen LogP contribution in [0.5, 0.6) is 17.2 Å². The van der Waals surface area contributed by atoms with Gasteiger partial charge in [0.2, 0.25) is 5.91 Å². The first-order valence-corrected chi connectivity index (χ1v) is 9.03. The second-order valence-electron chi connectivity index (χ2n) is 5.95. The Kier molecular flexibility index (Phi) is 7.74. The summed E-state index contributed by atoms with van der Waals surface area (Å²) in [5.74, 6) is 2.09. The van der Waals surface area contributed by atoms with Crippen molar-refractivity contribution in [1.82, 2.24) is 4.90 Å². The Morgan fingerprint density at radius 1 is 1.04 bits per heavy atom. The lowest BCUT2D eigenvalue weighted by molar-refractivity contribution is -0.125. The van der Waals surface area contributed by atoms with E-state index < -0.39 is 0 Å². The molecule has 5 nitrogen and oxygen atoms in total. The van der Waals surface area contributed by atoms with Gasteiger partial charge < -0.3 is 19.1 Å². The number of amides is 1. The zero-order valence-electron chi connectivity index (χ0n) is 16.4. The van der Waals surface area contributed by atoms with E-state index in [4.69, 9.17) is 14.2 Å². The number of hydrogen-bond donors (Lipinski definition) is 0. The number of carbonyl (C=O) groups excluding carboxylic acids is 1. The quantitative estimate of drug-likeness (QED) is 0.623. The fourth-order valence-electron chi connectivity index (χ4n) is 2.59. The Morgan fingerprint density at radius 2 is 1.78 bits per heavy atom. The zero-order chi connectivity index (χ0) is 19.6. The van der Waals surface area contributed by atoms with Crippen LogP contribution in [0, 0.1) is 0 Å². The van der Waals surface area contributed by atoms with Gasteiger partial charge in [0.1, 0.15) is 5.75 Å². The summed E-state index contributed by atoms with van der Waals surface area (Å²) in [5.41, 5.74) is 1.89. The molecule has 2 rings (SSSR count). The highest BCUT2D eigenvalue weighted by atomic mass is 16.5. The van der Waals surface area contributed by atoms with Gasteiger partial charge in [-0.05, 0) is 55.3 Å². The molecule has 1 amide bonds. The van der Waals surface area contributed by atoms with Crippen molar-refractivity contribution in [2.75, 3.05) is 27.4 Å². The standard InChI is InChI=1S/C22H27NO4/c1-5-26-20-12-10-17(15-21(20)27-6-2)11-13-22(24)23(3)16-18-8-7-9-19(14-18)25-4/h7-15H,5-6,16H2,1-4H3/b13-11+. The molecule has 0 spiro atoms. The van der Waals surface area contributed by atoms with Gasteiger partial charge in [-0.1, -0.05) is 18.2 Å². The lowest BCUT2D eigenvalue weighted by Gasteiger charge is -2.16. The summed E-state index contributed by atoms with van der Waals surface area (Å²) in [6.45, 7) is 5.49. The normalized spacial score (nSPS) is 10.7. The highest BCUT2D eigenvalue weighted by Crippen LogP contribution is 2.29. The molecule has 0 unspecified atom stereocenters. The van der Waals surface area contributed by atoms with Gasteiger partial charge in [-0.25, -0.2) is 0 Å². The molecule has 0 saturated heterocycles. The van der Waals surface area contributed by atoms with Crippen LogP contribution in [0.1, 0.15) is 25.0 Å². The van der Waals surface area contributed by atoms with Gasteiger partial charge in [0.15, 0.2) is 11.5 Å². The molecule has 2 aromatic carbocycles. The number of nitrogens with zero attached hydrogens (tertiary/aromatic N) is 1. The summed E-state index contributed by atoms with van der Waals surface area (Å²) in [6, 6.07) is 13.3. The van der Waals surface area contributed by atoms with E-state index in [2.05, 4.69) is 0 Å². The predicted molar refractivity (Wildman–Crippen MR) is 107 cm³/mol. The molecule has 2 aromatic rings. The maximum atomic E-state index is 12.4. The van der Waals surface area contributed by atoms with Crippen molar-refractivity contribution in [3.8, 4) is 17.2 Å². The van der Waals surface area contributed by atoms with Crippen molar-refractivity contribution >= 4 is 12.0 Å². The average molecular weight is 369 g/mol. The minimum Gasteiger partial charge on any atom is -0.497 e. The Labute approximate surface area is 161 Å². The highest BCUT2D eigenvalue weighted by molar-refractivity contribution is 5.91. The topological polar surface area (TPSA) is 48.0 Å². The van der Waals surface area contributed by atoms with Crippen molar-refractivity contribution in [3.05, 3.63) is 59.7 Å². The van der Waals surface area contributed by atoms with E-state index in [9.17, 15) is 4.79 Å². The largest absolute Gasteiger partial charge is 0.497 e. The van der Waals surface area contributed by atoms with Crippen molar-refractivity contribution in [2.24, 2.45) is 0 Å². The molecule has 0 aliphatic carbocycles. The molecule has 0 fully saturated rings. The summed E-state index contributed by atoms with van der Waals surface area (Å²) in [5, 5.41) is 0. The first-order valence-electron chi connectivity index (χ1n) is 9.03. The lowest BCUT2D eigenvalue weighted by atomic mass is 10.1. The van der Waals surface area contributed by atoms with Gasteiger partial charge in [0.05, 0.1) is 20.3 Å². The first-order chi connectivity index (χ1) is 13.1. The minimum atomic E-state index is -0.0790. The van der Waals surface area contributed by atoms with E-state index >= 15 is 0 Å². The number of rotatable bonds is 9. The summed E-state index contributed by atoms with van der Waals surface area (Å²) >= 11 is 0. The molecule has 144 valence electrons. The van der Waals surface area contributed by atoms with Gasteiger partial charge in [-0.2, -0.15) is 0 Å². The monoisotopic (exact) mass is 369 g/mol. The number of methoxy groups -OCH3 is 1. The lowest BCUT2D eigenvalue weighted by Crippen LogP contribution is -2.24. The van der Waals surface area contributed by atoms with Crippen molar-refractivity contribution in [2.45, 2.75) is 20.4 Å². The number of benzene rings is 2. The van der Waals surface area contributed by atoms with Crippen molar-refractivity contribution < 1.29 is 19.0 Å². The van der Waals surface area contributed by atoms with Crippen LogP contribution >= 0.6 is 0 Å². The predicted octanol–water partition coefficient (Wildman–Crippen LogP) is 4.16. The molecule has 0 aliphatic rings. The third-order valence-electron chi connectivity index (χ3n) is 3.92. The molecule has 0 aliphatic heterocycles. The van der Waals surface area contributed by atoms with Crippen molar-refractivity contribution in [1.29, 1.82) is 0 Å². The smallest absolute Gasteiger partial charge is 0.246 e. The van der Waals surface area contributed by atoms with E-state index in [1.165, 1.54) is 0 Å². The van der Waals surface area contributed by atoms with Gasteiger partial charge in [0, 0.05) is 19.7 Å². The fraction of sp³-hybridized carbons (Fsp3) is 0.318.